The van der Waals surface area contributed by atoms with Gasteiger partial charge in [-0.1, -0.05) is 13.8 Å². The molecule has 110 valence electrons. The van der Waals surface area contributed by atoms with Gasteiger partial charge in [0.25, 0.3) is 0 Å². The second-order valence-corrected chi connectivity index (χ2v) is 5.32. The van der Waals surface area contributed by atoms with Crippen LogP contribution >= 0.6 is 0 Å². The third-order valence-electron chi connectivity index (χ3n) is 3.54. The molecule has 0 saturated carbocycles. The Morgan fingerprint density at radius 3 is 2.90 bits per heavy atom. The van der Waals surface area contributed by atoms with Crippen molar-refractivity contribution < 1.29 is 9.52 Å². The van der Waals surface area contributed by atoms with Crippen molar-refractivity contribution in [3.63, 3.8) is 0 Å². The number of rotatable bonds is 5. The maximum Gasteiger partial charge on any atom is 0.150 e. The summed E-state index contributed by atoms with van der Waals surface area (Å²) in [5.74, 6) is 1.76. The van der Waals surface area contributed by atoms with E-state index in [9.17, 15) is 5.11 Å². The summed E-state index contributed by atoms with van der Waals surface area (Å²) in [6.07, 6.45) is 3.13. The zero-order valence-corrected chi connectivity index (χ0v) is 12.0. The summed E-state index contributed by atoms with van der Waals surface area (Å²) in [7, 11) is 0. The molecule has 0 amide bonds. The molecule has 0 aliphatic rings. The van der Waals surface area contributed by atoms with Crippen molar-refractivity contribution in [3.05, 3.63) is 30.8 Å². The van der Waals surface area contributed by atoms with E-state index in [1.807, 2.05) is 18.2 Å². The van der Waals surface area contributed by atoms with Crippen LogP contribution in [0, 0.1) is 5.92 Å². The Morgan fingerprint density at radius 2 is 2.24 bits per heavy atom. The van der Waals surface area contributed by atoms with Crippen molar-refractivity contribution in [1.82, 2.24) is 15.0 Å². The summed E-state index contributed by atoms with van der Waals surface area (Å²) >= 11 is 0. The average molecular weight is 286 g/mol. The molecule has 0 aliphatic heterocycles. The second-order valence-electron chi connectivity index (χ2n) is 5.32. The summed E-state index contributed by atoms with van der Waals surface area (Å²) in [5.41, 5.74) is 1.59. The topological polar surface area (TPSA) is 87.0 Å². The van der Waals surface area contributed by atoms with Crippen LogP contribution in [0.4, 0.5) is 5.82 Å². The zero-order chi connectivity index (χ0) is 14.8. The first-order valence-electron chi connectivity index (χ1n) is 6.94. The molecule has 1 unspecified atom stereocenters. The molecule has 21 heavy (non-hydrogen) atoms. The van der Waals surface area contributed by atoms with E-state index in [1.165, 1.54) is 6.33 Å². The number of nitrogens with zero attached hydrogens (tertiary/aromatic N) is 2. The standard InChI is InChI=1S/C15H18N4O2/c1-9(2)12(7-20)19-15-10-6-11(13-4-3-5-21-13)18-14(10)16-8-17-15/h3-6,8-9,12,20H,7H2,1-2H3,(H2,16,17,18,19). The van der Waals surface area contributed by atoms with E-state index in [0.29, 0.717) is 11.7 Å². The molecule has 6 heteroatoms. The lowest BCUT2D eigenvalue weighted by Crippen LogP contribution is -2.29. The fourth-order valence-electron chi connectivity index (χ4n) is 2.22. The van der Waals surface area contributed by atoms with Gasteiger partial charge in [-0.25, -0.2) is 9.97 Å². The fourth-order valence-corrected chi connectivity index (χ4v) is 2.22. The molecule has 0 fully saturated rings. The molecule has 3 rings (SSSR count). The number of fused-ring (bicyclic) bond motifs is 1. The van der Waals surface area contributed by atoms with Gasteiger partial charge in [0.1, 0.15) is 23.6 Å². The highest BCUT2D eigenvalue weighted by Crippen LogP contribution is 2.27. The minimum atomic E-state index is -0.0509. The molecule has 3 N–H and O–H groups in total. The van der Waals surface area contributed by atoms with Gasteiger partial charge < -0.3 is 19.8 Å². The number of anilines is 1. The largest absolute Gasteiger partial charge is 0.463 e. The van der Waals surface area contributed by atoms with Crippen molar-refractivity contribution in [3.8, 4) is 11.5 Å². The lowest BCUT2D eigenvalue weighted by Gasteiger charge is -2.20. The van der Waals surface area contributed by atoms with Crippen molar-refractivity contribution in [2.75, 3.05) is 11.9 Å². The highest BCUT2D eigenvalue weighted by molar-refractivity contribution is 5.91. The van der Waals surface area contributed by atoms with E-state index in [-0.39, 0.29) is 12.6 Å². The summed E-state index contributed by atoms with van der Waals surface area (Å²) in [4.78, 5) is 11.7. The van der Waals surface area contributed by atoms with Crippen LogP contribution in [-0.2, 0) is 0 Å². The number of hydrogen-bond acceptors (Lipinski definition) is 5. The van der Waals surface area contributed by atoms with Crippen LogP contribution in [0.1, 0.15) is 13.8 Å². The molecule has 0 spiro atoms. The fraction of sp³-hybridized carbons (Fsp3) is 0.333. The Balaban J connectivity index is 2.00. The molecule has 0 aromatic carbocycles. The van der Waals surface area contributed by atoms with E-state index in [4.69, 9.17) is 4.42 Å². The molecular formula is C15H18N4O2. The van der Waals surface area contributed by atoms with Gasteiger partial charge in [0.15, 0.2) is 0 Å². The van der Waals surface area contributed by atoms with Crippen LogP contribution in [0.2, 0.25) is 0 Å². The SMILES string of the molecule is CC(C)C(CO)Nc1ncnc2[nH]c(-c3ccco3)cc12. The lowest BCUT2D eigenvalue weighted by atomic mass is 10.1. The smallest absolute Gasteiger partial charge is 0.150 e. The first-order chi connectivity index (χ1) is 10.2. The maximum absolute atomic E-state index is 9.46. The summed E-state index contributed by atoms with van der Waals surface area (Å²) in [6.45, 7) is 4.16. The zero-order valence-electron chi connectivity index (χ0n) is 12.0. The van der Waals surface area contributed by atoms with E-state index >= 15 is 0 Å². The van der Waals surface area contributed by atoms with Crippen molar-refractivity contribution >= 4 is 16.9 Å². The molecular weight excluding hydrogens is 268 g/mol. The van der Waals surface area contributed by atoms with Crippen molar-refractivity contribution in [1.29, 1.82) is 0 Å². The second kappa shape index (κ2) is 5.57. The number of aliphatic hydroxyl groups is 1. The molecule has 0 aliphatic carbocycles. The minimum absolute atomic E-state index is 0.0509. The summed E-state index contributed by atoms with van der Waals surface area (Å²) < 4.78 is 5.39. The first-order valence-corrected chi connectivity index (χ1v) is 6.94. The highest BCUT2D eigenvalue weighted by atomic mass is 16.3. The average Bonchev–Trinajstić information content (AvgIpc) is 3.12. The van der Waals surface area contributed by atoms with Crippen LogP contribution in [0.3, 0.4) is 0 Å². The van der Waals surface area contributed by atoms with Crippen LogP contribution in [0.5, 0.6) is 0 Å². The number of furan rings is 1. The number of hydrogen-bond donors (Lipinski definition) is 3. The number of aliphatic hydroxyl groups excluding tert-OH is 1. The van der Waals surface area contributed by atoms with Crippen molar-refractivity contribution in [2.24, 2.45) is 5.92 Å². The van der Waals surface area contributed by atoms with Gasteiger partial charge in [-0.3, -0.25) is 0 Å². The van der Waals surface area contributed by atoms with Gasteiger partial charge >= 0.3 is 0 Å². The van der Waals surface area contributed by atoms with E-state index in [2.05, 4.69) is 34.1 Å². The van der Waals surface area contributed by atoms with Crippen molar-refractivity contribution in [2.45, 2.75) is 19.9 Å². The summed E-state index contributed by atoms with van der Waals surface area (Å²) in [5, 5.41) is 13.6. The lowest BCUT2D eigenvalue weighted by molar-refractivity contribution is 0.249. The minimum Gasteiger partial charge on any atom is -0.463 e. The van der Waals surface area contributed by atoms with Crippen LogP contribution in [0.15, 0.2) is 35.2 Å². The molecule has 3 aromatic rings. The third-order valence-corrected chi connectivity index (χ3v) is 3.54. The monoisotopic (exact) mass is 286 g/mol. The predicted molar refractivity (Wildman–Crippen MR) is 80.9 cm³/mol. The molecule has 3 heterocycles. The highest BCUT2D eigenvalue weighted by Gasteiger charge is 2.16. The Kier molecular flexibility index (Phi) is 3.62. The van der Waals surface area contributed by atoms with Gasteiger partial charge in [0.2, 0.25) is 0 Å². The molecule has 3 aromatic heterocycles. The number of H-pyrrole nitrogens is 1. The van der Waals surface area contributed by atoms with Gasteiger partial charge in [0, 0.05) is 0 Å². The Bertz CT molecular complexity index is 718. The van der Waals surface area contributed by atoms with Gasteiger partial charge in [-0.2, -0.15) is 0 Å². The molecule has 6 nitrogen and oxygen atoms in total. The first kappa shape index (κ1) is 13.6. The van der Waals surface area contributed by atoms with Crippen LogP contribution in [0.25, 0.3) is 22.5 Å². The third kappa shape index (κ3) is 2.62. The van der Waals surface area contributed by atoms with E-state index < -0.39 is 0 Å². The molecule has 1 atom stereocenters. The van der Waals surface area contributed by atoms with Gasteiger partial charge in [0.05, 0.1) is 30.0 Å². The summed E-state index contributed by atoms with van der Waals surface area (Å²) in [6, 6.07) is 5.62. The van der Waals surface area contributed by atoms with E-state index in [1.54, 1.807) is 6.26 Å². The number of aromatic nitrogens is 3. The van der Waals surface area contributed by atoms with Gasteiger partial charge in [-0.05, 0) is 24.1 Å². The Morgan fingerprint density at radius 1 is 1.38 bits per heavy atom. The normalized spacial score (nSPS) is 13.0. The number of aromatic amines is 1. The van der Waals surface area contributed by atoms with Crippen LogP contribution in [-0.4, -0.2) is 32.7 Å². The number of nitrogens with one attached hydrogen (secondary N) is 2. The van der Waals surface area contributed by atoms with E-state index in [0.717, 1.165) is 22.5 Å². The van der Waals surface area contributed by atoms with Crippen LogP contribution < -0.4 is 5.32 Å². The quantitative estimate of drug-likeness (QED) is 0.671. The van der Waals surface area contributed by atoms with Gasteiger partial charge in [-0.15, -0.1) is 0 Å². The Hall–Kier alpha value is -2.34. The maximum atomic E-state index is 9.46. The predicted octanol–water partition coefficient (Wildman–Crippen LogP) is 2.65. The molecule has 0 saturated heterocycles. The Labute approximate surface area is 122 Å². The molecule has 0 radical (unpaired) electrons. The molecule has 0 bridgehead atoms.